The van der Waals surface area contributed by atoms with E-state index in [4.69, 9.17) is 10.00 Å². The van der Waals surface area contributed by atoms with Crippen molar-refractivity contribution in [2.45, 2.75) is 32.8 Å². The molecule has 0 aliphatic carbocycles. The number of nitrogens with one attached hydrogen (secondary N) is 1. The minimum absolute atomic E-state index is 0.0749. The van der Waals surface area contributed by atoms with Crippen molar-refractivity contribution in [3.8, 4) is 6.07 Å². The summed E-state index contributed by atoms with van der Waals surface area (Å²) < 4.78 is 18.7. The summed E-state index contributed by atoms with van der Waals surface area (Å²) in [5.41, 5.74) is 0.780. The summed E-state index contributed by atoms with van der Waals surface area (Å²) in [7, 11) is 0. The molecule has 1 aromatic rings. The van der Waals surface area contributed by atoms with Crippen LogP contribution in [0.2, 0.25) is 0 Å². The zero-order valence-electron chi connectivity index (χ0n) is 10.9. The van der Waals surface area contributed by atoms with Crippen molar-refractivity contribution >= 4 is 5.69 Å². The van der Waals surface area contributed by atoms with Crippen LogP contribution in [0.3, 0.4) is 0 Å². The fourth-order valence-electron chi connectivity index (χ4n) is 1.49. The zero-order chi connectivity index (χ0) is 13.4. The van der Waals surface area contributed by atoms with Crippen LogP contribution in [-0.2, 0) is 4.74 Å². The number of unbranched alkanes of at least 4 members (excludes halogenated alkanes) is 1. The SMILES string of the molecule is CC(C)OCCCCNc1ccc(C#N)c(F)c1. The largest absolute Gasteiger partial charge is 0.385 e. The lowest BCUT2D eigenvalue weighted by molar-refractivity contribution is 0.0765. The first kappa shape index (κ1) is 14.5. The highest BCUT2D eigenvalue weighted by Gasteiger charge is 2.01. The van der Waals surface area contributed by atoms with E-state index in [1.54, 1.807) is 12.1 Å². The van der Waals surface area contributed by atoms with Crippen LogP contribution < -0.4 is 5.32 Å². The molecule has 4 heteroatoms. The van der Waals surface area contributed by atoms with Crippen LogP contribution in [0.1, 0.15) is 32.3 Å². The average Bonchev–Trinajstić information content (AvgIpc) is 2.33. The number of hydrogen-bond acceptors (Lipinski definition) is 3. The van der Waals surface area contributed by atoms with Gasteiger partial charge in [-0.3, -0.25) is 0 Å². The van der Waals surface area contributed by atoms with Crippen LogP contribution in [0, 0.1) is 17.1 Å². The van der Waals surface area contributed by atoms with Gasteiger partial charge < -0.3 is 10.1 Å². The Bertz CT molecular complexity index is 413. The first-order valence-electron chi connectivity index (χ1n) is 6.18. The molecule has 0 amide bonds. The van der Waals surface area contributed by atoms with E-state index in [1.807, 2.05) is 13.8 Å². The summed E-state index contributed by atoms with van der Waals surface area (Å²) >= 11 is 0. The maximum atomic E-state index is 13.3. The van der Waals surface area contributed by atoms with E-state index in [2.05, 4.69) is 5.32 Å². The van der Waals surface area contributed by atoms with E-state index in [0.29, 0.717) is 5.69 Å². The second-order valence-electron chi connectivity index (χ2n) is 4.36. The van der Waals surface area contributed by atoms with Crippen molar-refractivity contribution in [2.24, 2.45) is 0 Å². The molecule has 1 rings (SSSR count). The van der Waals surface area contributed by atoms with Gasteiger partial charge in [0.25, 0.3) is 0 Å². The quantitative estimate of drug-likeness (QED) is 0.755. The lowest BCUT2D eigenvalue weighted by atomic mass is 10.2. The lowest BCUT2D eigenvalue weighted by Crippen LogP contribution is -2.07. The predicted octanol–water partition coefficient (Wildman–Crippen LogP) is 3.31. The Balaban J connectivity index is 2.24. The van der Waals surface area contributed by atoms with Gasteiger partial charge in [0.15, 0.2) is 0 Å². The number of hydrogen-bond donors (Lipinski definition) is 1. The van der Waals surface area contributed by atoms with Crippen LogP contribution in [0.5, 0.6) is 0 Å². The smallest absolute Gasteiger partial charge is 0.143 e. The Kier molecular flexibility index (Phi) is 6.16. The van der Waals surface area contributed by atoms with Crippen LogP contribution in [0.4, 0.5) is 10.1 Å². The minimum atomic E-state index is -0.481. The Morgan fingerprint density at radius 1 is 1.39 bits per heavy atom. The first-order chi connectivity index (χ1) is 8.63. The van der Waals surface area contributed by atoms with E-state index >= 15 is 0 Å². The highest BCUT2D eigenvalue weighted by molar-refractivity contribution is 5.47. The number of nitriles is 1. The minimum Gasteiger partial charge on any atom is -0.385 e. The molecule has 0 bridgehead atoms. The third-order valence-corrected chi connectivity index (χ3v) is 2.44. The van der Waals surface area contributed by atoms with Gasteiger partial charge in [-0.2, -0.15) is 5.26 Å². The number of ether oxygens (including phenoxy) is 1. The van der Waals surface area contributed by atoms with Crippen molar-refractivity contribution in [1.29, 1.82) is 5.26 Å². The summed E-state index contributed by atoms with van der Waals surface area (Å²) in [6, 6.07) is 6.35. The molecular weight excluding hydrogens is 231 g/mol. The van der Waals surface area contributed by atoms with Gasteiger partial charge in [-0.15, -0.1) is 0 Å². The van der Waals surface area contributed by atoms with Gasteiger partial charge >= 0.3 is 0 Å². The third kappa shape index (κ3) is 5.15. The predicted molar refractivity (Wildman–Crippen MR) is 69.9 cm³/mol. The molecule has 0 spiro atoms. The zero-order valence-corrected chi connectivity index (χ0v) is 10.9. The van der Waals surface area contributed by atoms with Gasteiger partial charge in [-0.25, -0.2) is 4.39 Å². The summed E-state index contributed by atoms with van der Waals surface area (Å²) in [5, 5.41) is 11.7. The topological polar surface area (TPSA) is 45.0 Å². The Hall–Kier alpha value is -1.60. The van der Waals surface area contributed by atoms with Gasteiger partial charge in [0.1, 0.15) is 11.9 Å². The highest BCUT2D eigenvalue weighted by Crippen LogP contribution is 2.13. The number of nitrogens with zero attached hydrogens (tertiary/aromatic N) is 1. The number of anilines is 1. The molecule has 0 fully saturated rings. The standard InChI is InChI=1S/C14H19FN2O/c1-11(2)18-8-4-3-7-17-13-6-5-12(10-16)14(15)9-13/h5-6,9,11,17H,3-4,7-8H2,1-2H3. The lowest BCUT2D eigenvalue weighted by Gasteiger charge is -2.09. The molecule has 0 radical (unpaired) electrons. The second-order valence-corrected chi connectivity index (χ2v) is 4.36. The van der Waals surface area contributed by atoms with Crippen LogP contribution >= 0.6 is 0 Å². The average molecular weight is 250 g/mol. The van der Waals surface area contributed by atoms with Gasteiger partial charge in [0, 0.05) is 18.8 Å². The molecule has 1 aromatic carbocycles. The first-order valence-corrected chi connectivity index (χ1v) is 6.18. The van der Waals surface area contributed by atoms with Crippen LogP contribution in [-0.4, -0.2) is 19.3 Å². The Morgan fingerprint density at radius 3 is 2.78 bits per heavy atom. The molecule has 3 nitrogen and oxygen atoms in total. The molecule has 0 aliphatic heterocycles. The molecule has 0 aromatic heterocycles. The molecule has 98 valence electrons. The van der Waals surface area contributed by atoms with Crippen molar-refractivity contribution in [1.82, 2.24) is 0 Å². The molecule has 0 unspecified atom stereocenters. The van der Waals surface area contributed by atoms with E-state index < -0.39 is 5.82 Å². The fraction of sp³-hybridized carbons (Fsp3) is 0.500. The number of rotatable bonds is 7. The molecule has 0 atom stereocenters. The molecule has 0 heterocycles. The van der Waals surface area contributed by atoms with E-state index in [-0.39, 0.29) is 11.7 Å². The maximum Gasteiger partial charge on any atom is 0.143 e. The summed E-state index contributed by atoms with van der Waals surface area (Å²) in [5.74, 6) is -0.481. The maximum absolute atomic E-state index is 13.3. The van der Waals surface area contributed by atoms with E-state index in [9.17, 15) is 4.39 Å². The van der Waals surface area contributed by atoms with Crippen LogP contribution in [0.15, 0.2) is 18.2 Å². The van der Waals surface area contributed by atoms with E-state index in [1.165, 1.54) is 12.1 Å². The van der Waals surface area contributed by atoms with Gasteiger partial charge in [0.05, 0.1) is 11.7 Å². The highest BCUT2D eigenvalue weighted by atomic mass is 19.1. The molecule has 1 N–H and O–H groups in total. The summed E-state index contributed by atoms with van der Waals surface area (Å²) in [6.45, 7) is 5.55. The van der Waals surface area contributed by atoms with Crippen LogP contribution in [0.25, 0.3) is 0 Å². The van der Waals surface area contributed by atoms with Crippen molar-refractivity contribution in [3.05, 3.63) is 29.6 Å². The second kappa shape index (κ2) is 7.67. The third-order valence-electron chi connectivity index (χ3n) is 2.44. The van der Waals surface area contributed by atoms with Gasteiger partial charge in [-0.05, 0) is 44.9 Å². The Morgan fingerprint density at radius 2 is 2.17 bits per heavy atom. The van der Waals surface area contributed by atoms with E-state index in [0.717, 1.165) is 26.0 Å². The molecule has 0 aliphatic rings. The molecule has 18 heavy (non-hydrogen) atoms. The summed E-state index contributed by atoms with van der Waals surface area (Å²) in [6.07, 6.45) is 2.21. The van der Waals surface area contributed by atoms with Crippen molar-refractivity contribution < 1.29 is 9.13 Å². The Labute approximate surface area is 108 Å². The molecule has 0 saturated carbocycles. The number of benzene rings is 1. The van der Waals surface area contributed by atoms with Crippen molar-refractivity contribution in [3.63, 3.8) is 0 Å². The molecule has 0 saturated heterocycles. The monoisotopic (exact) mass is 250 g/mol. The van der Waals surface area contributed by atoms with Gasteiger partial charge in [0.2, 0.25) is 0 Å². The normalized spacial score (nSPS) is 10.4. The van der Waals surface area contributed by atoms with Crippen molar-refractivity contribution in [2.75, 3.05) is 18.5 Å². The molecular formula is C14H19FN2O. The number of halogens is 1. The fourth-order valence-corrected chi connectivity index (χ4v) is 1.49. The van der Waals surface area contributed by atoms with Gasteiger partial charge in [-0.1, -0.05) is 0 Å². The summed E-state index contributed by atoms with van der Waals surface area (Å²) in [4.78, 5) is 0.